The molecule has 0 aliphatic heterocycles. The minimum Gasteiger partial charge on any atom is -0.399 e. The number of amides is 1. The Kier molecular flexibility index (Phi) is 3.37. The van der Waals surface area contributed by atoms with Crippen LogP contribution in [0.1, 0.15) is 28.9 Å². The molecule has 1 fully saturated rings. The lowest BCUT2D eigenvalue weighted by Crippen LogP contribution is -2.32. The number of hydrogen-bond acceptors (Lipinski definition) is 3. The summed E-state index contributed by atoms with van der Waals surface area (Å²) in [5.74, 6) is 0.0538. The Hall–Kier alpha value is -2.36. The predicted octanol–water partition coefficient (Wildman–Crippen LogP) is 2.47. The maximum atomic E-state index is 12.6. The normalized spacial score (nSPS) is 14.0. The number of hydrogen-bond donors (Lipinski definition) is 1. The molecule has 1 amide bonds. The monoisotopic (exact) mass is 267 g/mol. The van der Waals surface area contributed by atoms with E-state index in [0.29, 0.717) is 23.8 Å². The van der Waals surface area contributed by atoms with Crippen LogP contribution in [0.2, 0.25) is 0 Å². The maximum absolute atomic E-state index is 12.6. The first-order valence-electron chi connectivity index (χ1n) is 6.80. The van der Waals surface area contributed by atoms with Crippen molar-refractivity contribution in [3.05, 3.63) is 59.9 Å². The average Bonchev–Trinajstić information content (AvgIpc) is 3.30. The van der Waals surface area contributed by atoms with Gasteiger partial charge in [0.1, 0.15) is 0 Å². The van der Waals surface area contributed by atoms with Crippen LogP contribution in [0.5, 0.6) is 0 Å². The van der Waals surface area contributed by atoms with Crippen LogP contribution in [0.15, 0.2) is 48.7 Å². The molecule has 4 nitrogen and oxygen atoms in total. The van der Waals surface area contributed by atoms with Crippen LogP contribution in [0.25, 0.3) is 0 Å². The molecule has 1 aromatic heterocycles. The van der Waals surface area contributed by atoms with Crippen LogP contribution >= 0.6 is 0 Å². The molecule has 0 atom stereocenters. The third-order valence-corrected chi connectivity index (χ3v) is 3.46. The highest BCUT2D eigenvalue weighted by molar-refractivity contribution is 5.94. The van der Waals surface area contributed by atoms with Crippen LogP contribution in [-0.2, 0) is 6.54 Å². The fourth-order valence-corrected chi connectivity index (χ4v) is 2.21. The fraction of sp³-hybridized carbons (Fsp3) is 0.250. The summed E-state index contributed by atoms with van der Waals surface area (Å²) >= 11 is 0. The number of nitrogen functional groups attached to an aromatic ring is 1. The molecule has 0 bridgehead atoms. The third kappa shape index (κ3) is 2.79. The average molecular weight is 267 g/mol. The van der Waals surface area contributed by atoms with Gasteiger partial charge in [0.2, 0.25) is 0 Å². The molecule has 1 heterocycles. The zero-order valence-corrected chi connectivity index (χ0v) is 11.2. The van der Waals surface area contributed by atoms with E-state index in [1.165, 1.54) is 0 Å². The molecule has 1 aromatic carbocycles. The van der Waals surface area contributed by atoms with Gasteiger partial charge in [-0.25, -0.2) is 0 Å². The van der Waals surface area contributed by atoms with Crippen LogP contribution in [-0.4, -0.2) is 21.8 Å². The lowest BCUT2D eigenvalue weighted by Gasteiger charge is -2.22. The highest BCUT2D eigenvalue weighted by Crippen LogP contribution is 2.29. The van der Waals surface area contributed by atoms with Crippen molar-refractivity contribution in [2.75, 3.05) is 5.73 Å². The molecule has 4 heteroatoms. The van der Waals surface area contributed by atoms with Crippen molar-refractivity contribution in [1.29, 1.82) is 0 Å². The Morgan fingerprint density at radius 3 is 2.55 bits per heavy atom. The fourth-order valence-electron chi connectivity index (χ4n) is 2.21. The van der Waals surface area contributed by atoms with Crippen molar-refractivity contribution in [3.63, 3.8) is 0 Å². The highest BCUT2D eigenvalue weighted by atomic mass is 16.2. The molecule has 0 unspecified atom stereocenters. The van der Waals surface area contributed by atoms with Crippen molar-refractivity contribution < 1.29 is 4.79 Å². The molecule has 102 valence electrons. The van der Waals surface area contributed by atoms with Crippen molar-refractivity contribution in [3.8, 4) is 0 Å². The molecule has 2 aromatic rings. The van der Waals surface area contributed by atoms with Crippen LogP contribution in [0.4, 0.5) is 5.69 Å². The summed E-state index contributed by atoms with van der Waals surface area (Å²) < 4.78 is 0. The molecule has 1 aliphatic carbocycles. The van der Waals surface area contributed by atoms with Crippen LogP contribution < -0.4 is 5.73 Å². The number of aromatic nitrogens is 1. The molecular formula is C16H17N3O. The summed E-state index contributed by atoms with van der Waals surface area (Å²) in [7, 11) is 0. The van der Waals surface area contributed by atoms with Crippen LogP contribution in [0, 0.1) is 0 Å². The minimum absolute atomic E-state index is 0.0538. The second kappa shape index (κ2) is 5.33. The number of carbonyl (C=O) groups is 1. The van der Waals surface area contributed by atoms with Gasteiger partial charge in [-0.3, -0.25) is 9.78 Å². The van der Waals surface area contributed by atoms with E-state index in [-0.39, 0.29) is 5.91 Å². The van der Waals surface area contributed by atoms with E-state index in [4.69, 9.17) is 5.73 Å². The van der Waals surface area contributed by atoms with E-state index < -0.39 is 0 Å². The molecule has 1 aliphatic rings. The van der Waals surface area contributed by atoms with Gasteiger partial charge in [0.15, 0.2) is 0 Å². The number of carbonyl (C=O) groups excluding carboxylic acids is 1. The number of pyridine rings is 1. The van der Waals surface area contributed by atoms with E-state index in [1.807, 2.05) is 23.1 Å². The Morgan fingerprint density at radius 2 is 1.95 bits per heavy atom. The smallest absolute Gasteiger partial charge is 0.254 e. The summed E-state index contributed by atoms with van der Waals surface area (Å²) in [6.07, 6.45) is 3.91. The van der Waals surface area contributed by atoms with E-state index in [1.54, 1.807) is 30.5 Å². The second-order valence-corrected chi connectivity index (χ2v) is 5.11. The largest absolute Gasteiger partial charge is 0.399 e. The molecule has 2 N–H and O–H groups in total. The Bertz CT molecular complexity index is 591. The molecule has 20 heavy (non-hydrogen) atoms. The molecule has 0 saturated heterocycles. The van der Waals surface area contributed by atoms with Crippen molar-refractivity contribution in [2.45, 2.75) is 25.4 Å². The SMILES string of the molecule is Nc1ccc(C(=O)N(Cc2ccccn2)C2CC2)cc1. The molecule has 3 rings (SSSR count). The molecule has 1 saturated carbocycles. The van der Waals surface area contributed by atoms with Gasteiger partial charge in [0.05, 0.1) is 12.2 Å². The zero-order valence-electron chi connectivity index (χ0n) is 11.2. The number of benzene rings is 1. The first-order valence-corrected chi connectivity index (χ1v) is 6.80. The van der Waals surface area contributed by atoms with Gasteiger partial charge in [-0.15, -0.1) is 0 Å². The predicted molar refractivity (Wildman–Crippen MR) is 78.0 cm³/mol. The summed E-state index contributed by atoms with van der Waals surface area (Å²) in [5, 5.41) is 0. The number of rotatable bonds is 4. The first-order chi connectivity index (χ1) is 9.74. The second-order valence-electron chi connectivity index (χ2n) is 5.11. The maximum Gasteiger partial charge on any atom is 0.254 e. The zero-order chi connectivity index (χ0) is 13.9. The van der Waals surface area contributed by atoms with Gasteiger partial charge in [-0.2, -0.15) is 0 Å². The van der Waals surface area contributed by atoms with Gasteiger partial charge in [-0.1, -0.05) is 6.07 Å². The third-order valence-electron chi connectivity index (χ3n) is 3.46. The van der Waals surface area contributed by atoms with Gasteiger partial charge < -0.3 is 10.6 Å². The van der Waals surface area contributed by atoms with E-state index in [0.717, 1.165) is 18.5 Å². The van der Waals surface area contributed by atoms with Gasteiger partial charge >= 0.3 is 0 Å². The summed E-state index contributed by atoms with van der Waals surface area (Å²) in [6, 6.07) is 13.2. The number of nitrogens with two attached hydrogens (primary N) is 1. The minimum atomic E-state index is 0.0538. The Balaban J connectivity index is 1.80. The molecule has 0 radical (unpaired) electrons. The molecule has 0 spiro atoms. The van der Waals surface area contributed by atoms with E-state index in [9.17, 15) is 4.79 Å². The van der Waals surface area contributed by atoms with Gasteiger partial charge in [0, 0.05) is 23.5 Å². The lowest BCUT2D eigenvalue weighted by atomic mass is 10.1. The van der Waals surface area contributed by atoms with E-state index in [2.05, 4.69) is 4.98 Å². The van der Waals surface area contributed by atoms with Gasteiger partial charge in [-0.05, 0) is 49.2 Å². The summed E-state index contributed by atoms with van der Waals surface area (Å²) in [5.41, 5.74) is 7.94. The van der Waals surface area contributed by atoms with Gasteiger partial charge in [0.25, 0.3) is 5.91 Å². The summed E-state index contributed by atoms with van der Waals surface area (Å²) in [6.45, 7) is 0.564. The van der Waals surface area contributed by atoms with Crippen molar-refractivity contribution in [1.82, 2.24) is 9.88 Å². The van der Waals surface area contributed by atoms with Crippen LogP contribution in [0.3, 0.4) is 0 Å². The van der Waals surface area contributed by atoms with Crippen molar-refractivity contribution in [2.24, 2.45) is 0 Å². The topological polar surface area (TPSA) is 59.2 Å². The quantitative estimate of drug-likeness (QED) is 0.866. The number of anilines is 1. The Morgan fingerprint density at radius 1 is 1.20 bits per heavy atom. The molecular weight excluding hydrogens is 250 g/mol. The van der Waals surface area contributed by atoms with E-state index >= 15 is 0 Å². The first kappa shape index (κ1) is 12.7. The standard InChI is InChI=1S/C16H17N3O/c17-13-6-4-12(5-7-13)16(20)19(15-8-9-15)11-14-3-1-2-10-18-14/h1-7,10,15H,8-9,11,17H2. The summed E-state index contributed by atoms with van der Waals surface area (Å²) in [4.78, 5) is 18.8. The number of nitrogens with zero attached hydrogens (tertiary/aromatic N) is 2. The highest BCUT2D eigenvalue weighted by Gasteiger charge is 2.33. The van der Waals surface area contributed by atoms with Crippen molar-refractivity contribution >= 4 is 11.6 Å². The Labute approximate surface area is 118 Å². The lowest BCUT2D eigenvalue weighted by molar-refractivity contribution is 0.0728.